The first kappa shape index (κ1) is 22.2. The maximum atomic E-state index is 11.3. The molecule has 0 heterocycles. The molecule has 0 atom stereocenters. The summed E-state index contributed by atoms with van der Waals surface area (Å²) in [6, 6.07) is 13.9. The van der Waals surface area contributed by atoms with Gasteiger partial charge in [-0.1, -0.05) is 42.3 Å². The molecular formula is C21H15Cl2N3O5. The number of hydrogen-bond acceptors (Lipinski definition) is 6. The van der Waals surface area contributed by atoms with Crippen molar-refractivity contribution in [2.45, 2.75) is 13.3 Å². The minimum absolute atomic E-state index is 0.00950. The average molecular weight is 460 g/mol. The molecular weight excluding hydrogens is 445 g/mol. The van der Waals surface area contributed by atoms with E-state index in [1.807, 2.05) is 24.3 Å². The van der Waals surface area contributed by atoms with Gasteiger partial charge in [0.25, 0.3) is 5.69 Å². The Bertz CT molecular complexity index is 1160. The monoisotopic (exact) mass is 459 g/mol. The van der Waals surface area contributed by atoms with Crippen LogP contribution in [-0.2, 0) is 6.42 Å². The number of nitrogens with zero attached hydrogens (tertiary/aromatic N) is 3. The van der Waals surface area contributed by atoms with Crippen molar-refractivity contribution in [3.05, 3.63) is 96.0 Å². The van der Waals surface area contributed by atoms with E-state index >= 15 is 0 Å². The molecule has 0 aromatic heterocycles. The van der Waals surface area contributed by atoms with E-state index < -0.39 is 21.2 Å². The Balaban J connectivity index is 1.88. The molecule has 31 heavy (non-hydrogen) atoms. The zero-order valence-electron chi connectivity index (χ0n) is 16.1. The van der Waals surface area contributed by atoms with E-state index in [4.69, 9.17) is 27.9 Å². The van der Waals surface area contributed by atoms with E-state index in [2.05, 4.69) is 11.9 Å². The highest BCUT2D eigenvalue weighted by molar-refractivity contribution is 6.37. The molecule has 3 aromatic carbocycles. The summed E-state index contributed by atoms with van der Waals surface area (Å²) in [6.07, 6.45) is 2.51. The van der Waals surface area contributed by atoms with Gasteiger partial charge in [-0.15, -0.1) is 0 Å². The summed E-state index contributed by atoms with van der Waals surface area (Å²) in [5.74, 6) is -0.235. The van der Waals surface area contributed by atoms with E-state index in [0.29, 0.717) is 5.56 Å². The van der Waals surface area contributed by atoms with Gasteiger partial charge in [0.1, 0.15) is 0 Å². The molecule has 0 saturated heterocycles. The predicted octanol–water partition coefficient (Wildman–Crippen LogP) is 6.92. The maximum Gasteiger partial charge on any atom is 0.318 e. The summed E-state index contributed by atoms with van der Waals surface area (Å²) in [6.45, 7) is 2.07. The van der Waals surface area contributed by atoms with Crippen molar-refractivity contribution < 1.29 is 14.6 Å². The molecule has 0 aliphatic carbocycles. The van der Waals surface area contributed by atoms with E-state index in [9.17, 15) is 20.2 Å². The third-order valence-electron chi connectivity index (χ3n) is 4.29. The van der Waals surface area contributed by atoms with Gasteiger partial charge >= 0.3 is 5.69 Å². The third kappa shape index (κ3) is 5.36. The molecule has 8 nitrogen and oxygen atoms in total. The van der Waals surface area contributed by atoms with Gasteiger partial charge < -0.3 is 4.74 Å². The van der Waals surface area contributed by atoms with Crippen LogP contribution in [0.5, 0.6) is 11.5 Å². The largest absolute Gasteiger partial charge is 0.447 e. The molecule has 0 unspecified atom stereocenters. The summed E-state index contributed by atoms with van der Waals surface area (Å²) >= 11 is 12.5. The van der Waals surface area contributed by atoms with Crippen molar-refractivity contribution in [1.82, 2.24) is 0 Å². The number of benzene rings is 3. The average Bonchev–Trinajstić information content (AvgIpc) is 2.75. The second-order valence-corrected chi connectivity index (χ2v) is 7.17. The molecule has 3 aromatic rings. The Morgan fingerprint density at radius 3 is 2.16 bits per heavy atom. The van der Waals surface area contributed by atoms with Gasteiger partial charge in [-0.25, -0.2) is 0 Å². The van der Waals surface area contributed by atoms with Crippen LogP contribution in [0, 0.1) is 20.2 Å². The summed E-state index contributed by atoms with van der Waals surface area (Å²) in [7, 11) is 0. The molecule has 10 heteroatoms. The molecule has 0 radical (unpaired) electrons. The number of non-ortho nitro benzene ring substituents is 1. The molecule has 0 amide bonds. The van der Waals surface area contributed by atoms with E-state index in [-0.39, 0.29) is 21.5 Å². The molecule has 0 aliphatic rings. The van der Waals surface area contributed by atoms with Crippen molar-refractivity contribution >= 4 is 46.5 Å². The minimum Gasteiger partial charge on any atom is -0.447 e. The molecule has 0 bridgehead atoms. The Morgan fingerprint density at radius 2 is 1.61 bits per heavy atom. The van der Waals surface area contributed by atoms with Gasteiger partial charge in [0.05, 0.1) is 31.6 Å². The lowest BCUT2D eigenvalue weighted by Crippen LogP contribution is -1.97. The molecule has 0 N–H and O–H groups in total. The van der Waals surface area contributed by atoms with Gasteiger partial charge in [0.15, 0.2) is 5.75 Å². The SMILES string of the molecule is CCc1ccc(N=Cc2cc(Cl)c(Oc3ccc([N+](=O)[O-])cc3[N+](=O)[O-])c(Cl)c2)cc1. The van der Waals surface area contributed by atoms with Crippen molar-refractivity contribution in [2.75, 3.05) is 0 Å². The highest BCUT2D eigenvalue weighted by atomic mass is 35.5. The lowest BCUT2D eigenvalue weighted by atomic mass is 10.1. The summed E-state index contributed by atoms with van der Waals surface area (Å²) in [5.41, 5.74) is 1.54. The first-order chi connectivity index (χ1) is 14.8. The quantitative estimate of drug-likeness (QED) is 0.216. The van der Waals surface area contributed by atoms with Crippen LogP contribution in [0.1, 0.15) is 18.1 Å². The van der Waals surface area contributed by atoms with Crippen LogP contribution >= 0.6 is 23.2 Å². The number of aliphatic imine (C=N–C) groups is 1. The second-order valence-electron chi connectivity index (χ2n) is 6.36. The Labute approximate surface area is 187 Å². The smallest absolute Gasteiger partial charge is 0.318 e. The zero-order chi connectivity index (χ0) is 22.5. The van der Waals surface area contributed by atoms with Crippen LogP contribution in [0.2, 0.25) is 10.0 Å². The van der Waals surface area contributed by atoms with Crippen LogP contribution in [0.15, 0.2) is 59.6 Å². The van der Waals surface area contributed by atoms with Gasteiger partial charge in [0.2, 0.25) is 5.75 Å². The molecule has 0 aliphatic heterocycles. The fraction of sp³-hybridized carbons (Fsp3) is 0.0952. The normalized spacial score (nSPS) is 10.9. The van der Waals surface area contributed by atoms with Crippen LogP contribution in [0.3, 0.4) is 0 Å². The number of nitro benzene ring substituents is 2. The Morgan fingerprint density at radius 1 is 0.968 bits per heavy atom. The van der Waals surface area contributed by atoms with Crippen LogP contribution in [0.25, 0.3) is 0 Å². The number of aryl methyl sites for hydroxylation is 1. The lowest BCUT2D eigenvalue weighted by Gasteiger charge is -2.10. The number of ether oxygens (including phenoxy) is 1. The molecule has 0 saturated carbocycles. The minimum atomic E-state index is -0.783. The summed E-state index contributed by atoms with van der Waals surface area (Å²) in [4.78, 5) is 25.0. The molecule has 3 rings (SSSR count). The highest BCUT2D eigenvalue weighted by Crippen LogP contribution is 2.41. The Hall–Kier alpha value is -3.49. The number of nitro groups is 2. The van der Waals surface area contributed by atoms with E-state index in [0.717, 1.165) is 30.3 Å². The zero-order valence-corrected chi connectivity index (χ0v) is 17.6. The lowest BCUT2D eigenvalue weighted by molar-refractivity contribution is -0.394. The molecule has 0 fully saturated rings. The second kappa shape index (κ2) is 9.55. The van der Waals surface area contributed by atoms with Crippen molar-refractivity contribution in [3.63, 3.8) is 0 Å². The van der Waals surface area contributed by atoms with Gasteiger partial charge in [0, 0.05) is 12.3 Å². The molecule has 0 spiro atoms. The number of hydrogen-bond donors (Lipinski definition) is 0. The highest BCUT2D eigenvalue weighted by Gasteiger charge is 2.23. The van der Waals surface area contributed by atoms with Gasteiger partial charge in [-0.3, -0.25) is 25.2 Å². The van der Waals surface area contributed by atoms with Crippen LogP contribution in [0.4, 0.5) is 17.1 Å². The predicted molar refractivity (Wildman–Crippen MR) is 119 cm³/mol. The van der Waals surface area contributed by atoms with Crippen molar-refractivity contribution in [3.8, 4) is 11.5 Å². The summed E-state index contributed by atoms with van der Waals surface area (Å²) < 4.78 is 5.54. The van der Waals surface area contributed by atoms with Crippen LogP contribution in [-0.4, -0.2) is 16.1 Å². The van der Waals surface area contributed by atoms with Crippen LogP contribution < -0.4 is 4.74 Å². The fourth-order valence-electron chi connectivity index (χ4n) is 2.68. The van der Waals surface area contributed by atoms with Crippen molar-refractivity contribution in [2.24, 2.45) is 4.99 Å². The number of halogens is 2. The van der Waals surface area contributed by atoms with E-state index in [1.54, 1.807) is 18.3 Å². The Kier molecular flexibility index (Phi) is 6.84. The third-order valence-corrected chi connectivity index (χ3v) is 4.85. The molecule has 158 valence electrons. The standard InChI is InChI=1S/C21H15Cl2N3O5/c1-2-13-3-5-15(6-4-13)24-12-14-9-17(22)21(18(23)10-14)31-20-8-7-16(25(27)28)11-19(20)26(29)30/h3-12H,2H2,1H3. The first-order valence-corrected chi connectivity index (χ1v) is 9.76. The maximum absolute atomic E-state index is 11.3. The van der Waals surface area contributed by atoms with E-state index in [1.165, 1.54) is 5.56 Å². The topological polar surface area (TPSA) is 108 Å². The van der Waals surface area contributed by atoms with Crippen molar-refractivity contribution in [1.29, 1.82) is 0 Å². The first-order valence-electron chi connectivity index (χ1n) is 9.01. The van der Waals surface area contributed by atoms with Gasteiger partial charge in [-0.2, -0.15) is 0 Å². The fourth-order valence-corrected chi connectivity index (χ4v) is 3.26. The van der Waals surface area contributed by atoms with Gasteiger partial charge in [-0.05, 0) is 47.9 Å². The summed E-state index contributed by atoms with van der Waals surface area (Å²) in [5, 5.41) is 22.4. The number of rotatable bonds is 7.